The van der Waals surface area contributed by atoms with Gasteiger partial charge in [0.15, 0.2) is 5.71 Å². The van der Waals surface area contributed by atoms with E-state index in [0.717, 1.165) is 33.9 Å². The van der Waals surface area contributed by atoms with E-state index in [9.17, 15) is 30.7 Å². The highest BCUT2D eigenvalue weighted by Crippen LogP contribution is 2.48. The van der Waals surface area contributed by atoms with Crippen molar-refractivity contribution in [3.63, 3.8) is 0 Å². The van der Waals surface area contributed by atoms with E-state index in [-0.39, 0.29) is 16.2 Å². The number of anilines is 1. The molecule has 2 N–H and O–H groups in total. The molecule has 0 spiro atoms. The van der Waals surface area contributed by atoms with Crippen LogP contribution in [0.4, 0.5) is 11.4 Å². The number of hydrogen-bond acceptors (Lipinski definition) is 12. The van der Waals surface area contributed by atoms with Crippen molar-refractivity contribution >= 4 is 43.3 Å². The van der Waals surface area contributed by atoms with Gasteiger partial charge in [0, 0.05) is 67.6 Å². The molecule has 17 heteroatoms. The molecule has 0 radical (unpaired) electrons. The van der Waals surface area contributed by atoms with E-state index in [1.54, 1.807) is 19.2 Å². The van der Waals surface area contributed by atoms with Crippen LogP contribution in [0, 0.1) is 0 Å². The van der Waals surface area contributed by atoms with Crippen LogP contribution in [0.25, 0.3) is 0 Å². The van der Waals surface area contributed by atoms with Crippen molar-refractivity contribution in [3.05, 3.63) is 95.8 Å². The maximum atomic E-state index is 12.3. The predicted molar refractivity (Wildman–Crippen MR) is 235 cm³/mol. The number of rotatable bonds is 28. The van der Waals surface area contributed by atoms with Crippen LogP contribution in [0.2, 0.25) is 0 Å². The van der Waals surface area contributed by atoms with Crippen molar-refractivity contribution in [2.45, 2.75) is 80.4 Å². The van der Waals surface area contributed by atoms with Crippen LogP contribution in [0.3, 0.4) is 0 Å². The molecular weight excluding hydrogens is 841 g/mol. The minimum absolute atomic E-state index is 0.0729. The molecule has 15 nitrogen and oxygen atoms in total. The van der Waals surface area contributed by atoms with Gasteiger partial charge in [-0.3, -0.25) is 9.35 Å². The second kappa shape index (κ2) is 23.6. The molecule has 2 aliphatic rings. The van der Waals surface area contributed by atoms with Gasteiger partial charge in [0.25, 0.3) is 10.1 Å². The van der Waals surface area contributed by atoms with E-state index in [2.05, 4.69) is 9.48 Å². The normalized spacial score (nSPS) is 18.3. The Morgan fingerprint density at radius 2 is 1.35 bits per heavy atom. The third kappa shape index (κ3) is 13.7. The molecule has 0 saturated heterocycles. The Morgan fingerprint density at radius 1 is 0.774 bits per heavy atom. The number of hydrogen-bond donors (Lipinski definition) is 2. The molecular formula is C45H62N2O13S2. The summed E-state index contributed by atoms with van der Waals surface area (Å²) >= 11 is 0. The first-order valence-electron chi connectivity index (χ1n) is 20.9. The molecule has 2 aromatic carbocycles. The molecule has 0 saturated carbocycles. The highest BCUT2D eigenvalue weighted by Gasteiger charge is 2.48. The second-order valence-corrected chi connectivity index (χ2v) is 18.4. The largest absolute Gasteiger partial charge is 0.744 e. The van der Waals surface area contributed by atoms with Crippen LogP contribution >= 0.6 is 0 Å². The zero-order valence-electron chi connectivity index (χ0n) is 36.4. The zero-order valence-corrected chi connectivity index (χ0v) is 38.0. The van der Waals surface area contributed by atoms with Crippen molar-refractivity contribution in [1.29, 1.82) is 0 Å². The fraction of sp³-hybridized carbons (Fsp3) is 0.511. The molecule has 342 valence electrons. The Balaban J connectivity index is 1.51. The van der Waals surface area contributed by atoms with Crippen LogP contribution in [0.5, 0.6) is 0 Å². The summed E-state index contributed by atoms with van der Waals surface area (Å²) in [5.74, 6) is -0.848. The summed E-state index contributed by atoms with van der Waals surface area (Å²) in [5, 5.41) is 9.16. The van der Waals surface area contributed by atoms with Gasteiger partial charge in [0.2, 0.25) is 5.69 Å². The zero-order chi connectivity index (χ0) is 45.4. The number of benzene rings is 2. The maximum Gasteiger partial charge on any atom is 0.303 e. The summed E-state index contributed by atoms with van der Waals surface area (Å²) in [6.07, 6.45) is 15.8. The topological polar surface area (TPSA) is 201 Å². The van der Waals surface area contributed by atoms with Crippen LogP contribution in [0.1, 0.15) is 70.9 Å². The molecule has 0 amide bonds. The molecule has 1 unspecified atom stereocenters. The van der Waals surface area contributed by atoms with Gasteiger partial charge < -0.3 is 38.2 Å². The number of nitrogens with zero attached hydrogens (tertiary/aromatic N) is 2. The van der Waals surface area contributed by atoms with Gasteiger partial charge in [-0.1, -0.05) is 44.2 Å². The Hall–Kier alpha value is -4.04. The van der Waals surface area contributed by atoms with Crippen molar-refractivity contribution in [2.75, 3.05) is 84.6 Å². The highest BCUT2D eigenvalue weighted by atomic mass is 32.2. The summed E-state index contributed by atoms with van der Waals surface area (Å²) in [4.78, 5) is 12.8. The first kappa shape index (κ1) is 50.6. The van der Waals surface area contributed by atoms with Crippen molar-refractivity contribution in [3.8, 4) is 0 Å². The lowest BCUT2D eigenvalue weighted by atomic mass is 9.76. The van der Waals surface area contributed by atoms with E-state index >= 15 is 0 Å². The third-order valence-electron chi connectivity index (χ3n) is 11.0. The fourth-order valence-corrected chi connectivity index (χ4v) is 8.74. The number of unbranched alkanes of at least 4 members (excludes halogenated alkanes) is 2. The molecule has 4 rings (SSSR count). The average molecular weight is 903 g/mol. The summed E-state index contributed by atoms with van der Waals surface area (Å²) in [5.41, 5.74) is 3.67. The SMILES string of the molecule is CCN1/C(=C/C=C/C=C/C=C/C2=[N+](CCCCCC(=O)O)c3ccc(S(=O)(=O)O)cc3C2(C)CCOCCOCCOCCOCCOC)C(C)(C)c2cc(S(=O)(=O)[O-])ccc21. The summed E-state index contributed by atoms with van der Waals surface area (Å²) < 4.78 is 99.6. The second-order valence-electron chi connectivity index (χ2n) is 15.6. The van der Waals surface area contributed by atoms with Crippen LogP contribution in [-0.4, -0.2) is 127 Å². The predicted octanol–water partition coefficient (Wildman–Crippen LogP) is 6.31. The molecule has 1 atom stereocenters. The first-order chi connectivity index (χ1) is 29.5. The van der Waals surface area contributed by atoms with E-state index in [0.29, 0.717) is 98.2 Å². The summed E-state index contributed by atoms with van der Waals surface area (Å²) in [6.45, 7) is 13.0. The van der Waals surface area contributed by atoms with Gasteiger partial charge in [-0.2, -0.15) is 13.0 Å². The van der Waals surface area contributed by atoms with Gasteiger partial charge in [-0.15, -0.1) is 0 Å². The molecule has 2 aromatic rings. The van der Waals surface area contributed by atoms with Gasteiger partial charge in [-0.25, -0.2) is 8.42 Å². The Kier molecular flexibility index (Phi) is 19.3. The molecule has 0 aliphatic carbocycles. The minimum Gasteiger partial charge on any atom is -0.744 e. The molecule has 0 bridgehead atoms. The Labute approximate surface area is 366 Å². The molecule has 0 fully saturated rings. The van der Waals surface area contributed by atoms with Crippen LogP contribution < -0.4 is 4.90 Å². The van der Waals surface area contributed by atoms with E-state index in [1.165, 1.54) is 24.3 Å². The number of likely N-dealkylation sites (N-methyl/N-ethyl adjacent to an activating group) is 1. The number of carboxylic acids is 1. The lowest BCUT2D eigenvalue weighted by Gasteiger charge is -2.25. The highest BCUT2D eigenvalue weighted by molar-refractivity contribution is 7.86. The van der Waals surface area contributed by atoms with Crippen molar-refractivity contribution in [1.82, 2.24) is 0 Å². The lowest BCUT2D eigenvalue weighted by molar-refractivity contribution is -0.438. The fourth-order valence-electron chi connectivity index (χ4n) is 7.74. The van der Waals surface area contributed by atoms with Crippen LogP contribution in [-0.2, 0) is 59.5 Å². The summed E-state index contributed by atoms with van der Waals surface area (Å²) in [6, 6.07) is 9.10. The third-order valence-corrected chi connectivity index (χ3v) is 12.7. The number of fused-ring (bicyclic) bond motifs is 2. The Morgan fingerprint density at radius 3 is 1.95 bits per heavy atom. The minimum atomic E-state index is -4.61. The van der Waals surface area contributed by atoms with Crippen LogP contribution in [0.15, 0.2) is 94.4 Å². The van der Waals surface area contributed by atoms with Crippen molar-refractivity contribution < 1.29 is 64.1 Å². The molecule has 0 aromatic heterocycles. The van der Waals surface area contributed by atoms with Gasteiger partial charge >= 0.3 is 5.97 Å². The molecule has 2 aliphatic heterocycles. The number of carboxylic acid groups (broad SMARTS) is 1. The number of ether oxygens (including phenoxy) is 5. The average Bonchev–Trinajstić information content (AvgIpc) is 3.58. The standard InChI is InChI=1S/C45H62N2O13S2/c1-6-46-39-20-18-35(61(50,51)52)33-37(39)44(2,3)41(46)15-11-8-7-9-12-16-42-45(4,22-24-57-27-28-59-31-32-60-30-29-58-26-25-56-5)38-34-36(62(53,54)55)19-21-40(38)47(42)23-14-10-13-17-43(48)49/h7-9,11-12,15-16,18-21,33-34H,6,10,13-14,17,22-32H2,1-5H3,(H2-,48,49,50,51,52,53,54,55). The quantitative estimate of drug-likeness (QED) is 0.0416. The first-order valence-corrected chi connectivity index (χ1v) is 23.7. The number of carbonyl (C=O) groups is 1. The monoisotopic (exact) mass is 902 g/mol. The molecule has 62 heavy (non-hydrogen) atoms. The van der Waals surface area contributed by atoms with Gasteiger partial charge in [0.1, 0.15) is 16.7 Å². The number of aliphatic carboxylic acids is 1. The Bertz CT molecular complexity index is 2210. The maximum absolute atomic E-state index is 12.3. The van der Waals surface area contributed by atoms with Gasteiger partial charge in [-0.05, 0) is 75.1 Å². The molecule has 2 heterocycles. The van der Waals surface area contributed by atoms with Crippen molar-refractivity contribution in [2.24, 2.45) is 0 Å². The van der Waals surface area contributed by atoms with Gasteiger partial charge in [0.05, 0.1) is 68.1 Å². The van der Waals surface area contributed by atoms with E-state index in [4.69, 9.17) is 28.8 Å². The van der Waals surface area contributed by atoms with E-state index < -0.39 is 37.0 Å². The number of methoxy groups -OCH3 is 1. The summed E-state index contributed by atoms with van der Waals surface area (Å²) in [7, 11) is -7.49. The van der Waals surface area contributed by atoms with E-state index in [1.807, 2.05) is 70.2 Å². The smallest absolute Gasteiger partial charge is 0.303 e. The lowest BCUT2D eigenvalue weighted by Crippen LogP contribution is -2.33. The number of allylic oxidation sites excluding steroid dienone is 8.